The molecule has 4 aromatic rings. The molecule has 1 N–H and O–H groups in total. The van der Waals surface area contributed by atoms with E-state index in [-0.39, 0.29) is 16.0 Å². The summed E-state index contributed by atoms with van der Waals surface area (Å²) < 4.78 is 37.5. The zero-order valence-corrected chi connectivity index (χ0v) is 22.9. The van der Waals surface area contributed by atoms with E-state index in [1.54, 1.807) is 18.3 Å². The summed E-state index contributed by atoms with van der Waals surface area (Å²) in [5.41, 5.74) is 2.76. The first-order chi connectivity index (χ1) is 16.5. The molecule has 0 aliphatic heterocycles. The Hall–Kier alpha value is -2.73. The van der Waals surface area contributed by atoms with Crippen molar-refractivity contribution in [2.24, 2.45) is 0 Å². The average Bonchev–Trinajstić information content (AvgIpc) is 3.08. The van der Waals surface area contributed by atoms with Crippen LogP contribution in [0.4, 0.5) is 11.5 Å². The van der Waals surface area contributed by atoms with Crippen LogP contribution in [0.2, 0.25) is 30.8 Å². The number of aromatic nitrogens is 4. The fourth-order valence-corrected chi connectivity index (χ4v) is 5.15. The summed E-state index contributed by atoms with van der Waals surface area (Å²) in [6.07, 6.45) is 2.81. The highest BCUT2D eigenvalue weighted by Gasteiger charge is 2.20. The normalized spacial score (nSPS) is 12.4. The number of methoxy groups -OCH3 is 1. The van der Waals surface area contributed by atoms with Crippen molar-refractivity contribution in [3.8, 4) is 5.75 Å². The predicted octanol–water partition coefficient (Wildman–Crippen LogP) is 5.10. The van der Waals surface area contributed by atoms with Gasteiger partial charge in [-0.1, -0.05) is 31.2 Å². The van der Waals surface area contributed by atoms with Crippen molar-refractivity contribution in [2.45, 2.75) is 37.4 Å². The van der Waals surface area contributed by atoms with Gasteiger partial charge in [-0.25, -0.2) is 18.4 Å². The van der Waals surface area contributed by atoms with Gasteiger partial charge in [-0.15, -0.1) is 0 Å². The van der Waals surface area contributed by atoms with E-state index in [4.69, 9.17) is 21.1 Å². The molecule has 0 unspecified atom stereocenters. The molecule has 0 saturated heterocycles. The predicted molar refractivity (Wildman–Crippen MR) is 141 cm³/mol. The monoisotopic (exact) mass is 533 g/mol. The third-order valence-corrected chi connectivity index (χ3v) is 8.28. The van der Waals surface area contributed by atoms with Crippen LogP contribution in [0.15, 0.2) is 41.6 Å². The van der Waals surface area contributed by atoms with Crippen LogP contribution >= 0.6 is 11.6 Å². The number of sulfone groups is 1. The van der Waals surface area contributed by atoms with Gasteiger partial charge in [0.25, 0.3) is 0 Å². The van der Waals surface area contributed by atoms with E-state index in [1.165, 1.54) is 13.2 Å². The number of nitrogens with zero attached hydrogens (tertiary/aromatic N) is 4. The number of hydrogen-bond acceptors (Lipinski definition) is 8. The van der Waals surface area contributed by atoms with Crippen molar-refractivity contribution >= 4 is 63.1 Å². The topological polar surface area (TPSA) is 108 Å². The molecule has 0 radical (unpaired) electrons. The lowest BCUT2D eigenvalue weighted by molar-refractivity contribution is 0.0926. The van der Waals surface area contributed by atoms with Crippen LogP contribution < -0.4 is 10.1 Å². The van der Waals surface area contributed by atoms with E-state index in [1.807, 2.05) is 16.7 Å². The molecular formula is C23H28ClN5O4SSi. The Bertz CT molecular complexity index is 1500. The van der Waals surface area contributed by atoms with Crippen molar-refractivity contribution in [1.82, 2.24) is 19.5 Å². The number of halogens is 1. The second-order valence-corrected chi connectivity index (χ2v) is 17.4. The molecule has 0 saturated carbocycles. The van der Waals surface area contributed by atoms with Gasteiger partial charge < -0.3 is 14.8 Å². The van der Waals surface area contributed by atoms with Gasteiger partial charge in [0.15, 0.2) is 14.9 Å². The van der Waals surface area contributed by atoms with Gasteiger partial charge in [0.05, 0.1) is 29.2 Å². The molecule has 4 rings (SSSR count). The molecule has 0 aromatic carbocycles. The summed E-state index contributed by atoms with van der Waals surface area (Å²) in [6, 6.07) is 9.51. The molecule has 12 heteroatoms. The highest BCUT2D eigenvalue weighted by atomic mass is 35.5. The van der Waals surface area contributed by atoms with Gasteiger partial charge in [0.2, 0.25) is 0 Å². The highest BCUT2D eigenvalue weighted by Crippen LogP contribution is 2.36. The molecule has 186 valence electrons. The Kier molecular flexibility index (Phi) is 7.05. The summed E-state index contributed by atoms with van der Waals surface area (Å²) in [6.45, 7) is 7.88. The first-order valence-electron chi connectivity index (χ1n) is 11.0. The van der Waals surface area contributed by atoms with Crippen LogP contribution in [0.25, 0.3) is 22.1 Å². The number of rotatable bonds is 9. The van der Waals surface area contributed by atoms with Gasteiger partial charge in [-0.3, -0.25) is 9.55 Å². The van der Waals surface area contributed by atoms with Crippen LogP contribution in [0.1, 0.15) is 0 Å². The Morgan fingerprint density at radius 1 is 1.17 bits per heavy atom. The van der Waals surface area contributed by atoms with Crippen LogP contribution in [-0.4, -0.2) is 56.0 Å². The third-order valence-electron chi connectivity index (χ3n) is 5.41. The van der Waals surface area contributed by atoms with Crippen molar-refractivity contribution in [3.05, 3.63) is 41.7 Å². The SMILES string of the molecule is COc1cc(Nc2cc(Cl)nc3c2c2ncccc2n3COCC[Si](C)(C)C)nc(S(C)(=O)=O)c1. The Morgan fingerprint density at radius 3 is 2.63 bits per heavy atom. The van der Waals surface area contributed by atoms with Crippen LogP contribution in [0.5, 0.6) is 5.75 Å². The highest BCUT2D eigenvalue weighted by molar-refractivity contribution is 7.90. The number of fused-ring (bicyclic) bond motifs is 3. The molecule has 4 aromatic heterocycles. The lowest BCUT2D eigenvalue weighted by Crippen LogP contribution is -2.22. The molecular weight excluding hydrogens is 506 g/mol. The molecule has 0 spiro atoms. The molecule has 0 amide bonds. The minimum Gasteiger partial charge on any atom is -0.497 e. The average molecular weight is 534 g/mol. The van der Waals surface area contributed by atoms with Crippen molar-refractivity contribution in [2.75, 3.05) is 25.3 Å². The molecule has 0 aliphatic carbocycles. The lowest BCUT2D eigenvalue weighted by atomic mass is 10.2. The second kappa shape index (κ2) is 9.73. The zero-order valence-electron chi connectivity index (χ0n) is 20.3. The summed E-state index contributed by atoms with van der Waals surface area (Å²) in [7, 11) is -3.32. The van der Waals surface area contributed by atoms with Crippen LogP contribution in [0.3, 0.4) is 0 Å². The molecule has 35 heavy (non-hydrogen) atoms. The molecule has 0 atom stereocenters. The fourth-order valence-electron chi connectivity index (χ4n) is 3.61. The third kappa shape index (κ3) is 5.75. The lowest BCUT2D eigenvalue weighted by Gasteiger charge is -2.16. The summed E-state index contributed by atoms with van der Waals surface area (Å²) >= 11 is 6.41. The quantitative estimate of drug-likeness (QED) is 0.180. The van der Waals surface area contributed by atoms with Crippen LogP contribution in [-0.2, 0) is 21.3 Å². The van der Waals surface area contributed by atoms with Gasteiger partial charge in [-0.2, -0.15) is 0 Å². The number of ether oxygens (including phenoxy) is 2. The second-order valence-electron chi connectivity index (χ2n) is 9.47. The van der Waals surface area contributed by atoms with E-state index in [0.717, 1.165) is 23.2 Å². The van der Waals surface area contributed by atoms with E-state index in [2.05, 4.69) is 39.9 Å². The summed E-state index contributed by atoms with van der Waals surface area (Å²) in [5.74, 6) is 0.646. The zero-order chi connectivity index (χ0) is 25.4. The van der Waals surface area contributed by atoms with E-state index in [0.29, 0.717) is 35.9 Å². The van der Waals surface area contributed by atoms with Crippen LogP contribution in [0, 0.1) is 0 Å². The maximum absolute atomic E-state index is 12.1. The smallest absolute Gasteiger partial charge is 0.192 e. The molecule has 9 nitrogen and oxygen atoms in total. The number of pyridine rings is 3. The van der Waals surface area contributed by atoms with E-state index < -0.39 is 17.9 Å². The van der Waals surface area contributed by atoms with Gasteiger partial charge in [0, 0.05) is 39.3 Å². The fraction of sp³-hybridized carbons (Fsp3) is 0.348. The van der Waals surface area contributed by atoms with E-state index in [9.17, 15) is 8.42 Å². The molecule has 0 fully saturated rings. The number of nitrogens with one attached hydrogen (secondary N) is 1. The van der Waals surface area contributed by atoms with Gasteiger partial charge in [0.1, 0.15) is 29.1 Å². The largest absolute Gasteiger partial charge is 0.497 e. The van der Waals surface area contributed by atoms with Crippen molar-refractivity contribution in [1.29, 1.82) is 0 Å². The number of anilines is 2. The van der Waals surface area contributed by atoms with E-state index >= 15 is 0 Å². The van der Waals surface area contributed by atoms with Crippen molar-refractivity contribution < 1.29 is 17.9 Å². The maximum atomic E-state index is 12.1. The Morgan fingerprint density at radius 2 is 1.94 bits per heavy atom. The standard InChI is InChI=1S/C23H28ClN5O4SSi/c1-32-15-11-19(28-20(12-15)34(2,30)31)26-16-13-18(24)27-23-21(16)22-17(7-6-8-25-22)29(23)14-33-9-10-35(3,4)5/h6-8,11-13H,9-10,14H2,1-5H3,(H,26,27,28). The minimum atomic E-state index is -3.55. The maximum Gasteiger partial charge on any atom is 0.192 e. The Balaban J connectivity index is 1.81. The van der Waals surface area contributed by atoms with Gasteiger partial charge in [-0.05, 0) is 24.2 Å². The number of hydrogen-bond donors (Lipinski definition) is 1. The molecule has 0 aliphatic rings. The molecule has 4 heterocycles. The first-order valence-corrected chi connectivity index (χ1v) is 17.0. The molecule has 0 bridgehead atoms. The summed E-state index contributed by atoms with van der Waals surface area (Å²) in [4.78, 5) is 13.4. The minimum absolute atomic E-state index is 0.105. The summed E-state index contributed by atoms with van der Waals surface area (Å²) in [5, 5.41) is 4.08. The van der Waals surface area contributed by atoms with Gasteiger partial charge >= 0.3 is 0 Å². The Labute approximate surface area is 210 Å². The first kappa shape index (κ1) is 25.4. The van der Waals surface area contributed by atoms with Crippen molar-refractivity contribution in [3.63, 3.8) is 0 Å².